The number of unbranched alkanes of at least 4 members (excludes halogenated alkanes) is 1. The van der Waals surface area contributed by atoms with E-state index in [9.17, 15) is 4.79 Å². The van der Waals surface area contributed by atoms with E-state index >= 15 is 0 Å². The van der Waals surface area contributed by atoms with Gasteiger partial charge in [0.25, 0.3) is 0 Å². The van der Waals surface area contributed by atoms with Crippen molar-refractivity contribution in [3.8, 4) is 0 Å². The van der Waals surface area contributed by atoms with E-state index in [2.05, 4.69) is 53.5 Å². The second kappa shape index (κ2) is 12.3. The predicted octanol–water partition coefficient (Wildman–Crippen LogP) is 6.61. The number of hydrogen-bond acceptors (Lipinski definition) is 3. The molecule has 0 spiro atoms. The zero-order valence-corrected chi connectivity index (χ0v) is 20.2. The third-order valence-corrected chi connectivity index (χ3v) is 10.6. The molecule has 0 radical (unpaired) electrons. The number of rotatable bonds is 14. The summed E-state index contributed by atoms with van der Waals surface area (Å²) in [4.78, 5) is 11.8. The Balaban J connectivity index is 3.71. The fraction of sp³-hybridized carbons (Fsp3) is 0.950. The van der Waals surface area contributed by atoms with Gasteiger partial charge in [0, 0.05) is 6.42 Å². The van der Waals surface area contributed by atoms with Crippen molar-refractivity contribution in [2.45, 2.75) is 104 Å². The van der Waals surface area contributed by atoms with Gasteiger partial charge in [-0.3, -0.25) is 4.79 Å². The molecule has 1 unspecified atom stereocenters. The topological polar surface area (TPSA) is 35.5 Å². The Morgan fingerprint density at radius 2 is 1.52 bits per heavy atom. The van der Waals surface area contributed by atoms with Gasteiger partial charge in [-0.15, -0.1) is 0 Å². The van der Waals surface area contributed by atoms with Crippen molar-refractivity contribution in [2.75, 3.05) is 6.61 Å². The maximum Gasteiger partial charge on any atom is 0.305 e. The van der Waals surface area contributed by atoms with Gasteiger partial charge in [0.05, 0.1) is 6.61 Å². The molecular weight excluding hydrogens is 344 g/mol. The molecule has 0 amide bonds. The summed E-state index contributed by atoms with van der Waals surface area (Å²) in [6.45, 7) is 18.7. The smallest absolute Gasteiger partial charge is 0.305 e. The molecule has 0 saturated carbocycles. The molecule has 0 fully saturated rings. The van der Waals surface area contributed by atoms with Gasteiger partial charge in [-0.1, -0.05) is 46.5 Å². The third-order valence-electron chi connectivity index (χ3n) is 4.34. The minimum Gasteiger partial charge on any atom is -0.466 e. The van der Waals surface area contributed by atoms with Crippen molar-refractivity contribution < 1.29 is 13.6 Å². The molecule has 1 atom stereocenters. The van der Waals surface area contributed by atoms with E-state index in [1.807, 2.05) is 0 Å². The number of carbonyl (C=O) groups is 1. The lowest BCUT2D eigenvalue weighted by Gasteiger charge is -2.31. The maximum absolute atomic E-state index is 11.8. The molecule has 0 aliphatic rings. The molecule has 25 heavy (non-hydrogen) atoms. The van der Waals surface area contributed by atoms with Crippen LogP contribution in [0.5, 0.6) is 0 Å². The summed E-state index contributed by atoms with van der Waals surface area (Å²) in [5, 5.41) is 0. The van der Waals surface area contributed by atoms with Crippen molar-refractivity contribution in [1.82, 2.24) is 0 Å². The van der Waals surface area contributed by atoms with Crippen molar-refractivity contribution in [3.05, 3.63) is 0 Å². The van der Waals surface area contributed by atoms with E-state index in [1.54, 1.807) is 0 Å². The molecule has 0 saturated heterocycles. The molecular formula is C20H44O3Si2. The Morgan fingerprint density at radius 1 is 0.880 bits per heavy atom. The normalized spacial score (nSPS) is 14.0. The summed E-state index contributed by atoms with van der Waals surface area (Å²) in [6.07, 6.45) is 7.37. The van der Waals surface area contributed by atoms with Gasteiger partial charge in [-0.2, -0.15) is 0 Å². The van der Waals surface area contributed by atoms with Crippen LogP contribution in [0.2, 0.25) is 38.8 Å². The summed E-state index contributed by atoms with van der Waals surface area (Å²) in [5.74, 6) is 1.41. The average Bonchev–Trinajstić information content (AvgIpc) is 2.40. The van der Waals surface area contributed by atoms with Gasteiger partial charge < -0.3 is 8.85 Å². The van der Waals surface area contributed by atoms with Gasteiger partial charge >= 0.3 is 5.97 Å². The van der Waals surface area contributed by atoms with E-state index in [-0.39, 0.29) is 5.97 Å². The maximum atomic E-state index is 11.8. The van der Waals surface area contributed by atoms with Crippen LogP contribution in [0, 0.1) is 11.8 Å². The minimum absolute atomic E-state index is 0.0278. The highest BCUT2D eigenvalue weighted by atomic mass is 28.4. The molecule has 0 aliphatic carbocycles. The average molecular weight is 389 g/mol. The highest BCUT2D eigenvalue weighted by molar-refractivity contribution is 6.84. The van der Waals surface area contributed by atoms with Gasteiger partial charge in [0.15, 0.2) is 16.6 Å². The van der Waals surface area contributed by atoms with Crippen LogP contribution in [0.3, 0.4) is 0 Å². The van der Waals surface area contributed by atoms with Gasteiger partial charge in [0.1, 0.15) is 0 Å². The number of hydrogen-bond donors (Lipinski definition) is 0. The fourth-order valence-corrected chi connectivity index (χ4v) is 11.3. The van der Waals surface area contributed by atoms with Crippen LogP contribution < -0.4 is 0 Å². The quantitative estimate of drug-likeness (QED) is 0.191. The van der Waals surface area contributed by atoms with E-state index in [0.29, 0.717) is 18.9 Å². The Kier molecular flexibility index (Phi) is 12.2. The molecule has 5 heteroatoms. The molecule has 3 nitrogen and oxygen atoms in total. The molecule has 0 rings (SSSR count). The lowest BCUT2D eigenvalue weighted by atomic mass is 9.98. The first-order valence-electron chi connectivity index (χ1n) is 10.3. The van der Waals surface area contributed by atoms with Crippen molar-refractivity contribution >= 4 is 22.6 Å². The van der Waals surface area contributed by atoms with Crippen LogP contribution in [-0.2, 0) is 13.6 Å². The van der Waals surface area contributed by atoms with Crippen LogP contribution in [0.15, 0.2) is 0 Å². The van der Waals surface area contributed by atoms with Gasteiger partial charge in [-0.25, -0.2) is 0 Å². The first-order chi connectivity index (χ1) is 11.4. The highest BCUT2D eigenvalue weighted by Gasteiger charge is 2.28. The zero-order chi connectivity index (χ0) is 19.5. The summed E-state index contributed by atoms with van der Waals surface area (Å²) < 4.78 is 11.7. The lowest BCUT2D eigenvalue weighted by molar-refractivity contribution is -0.144. The Labute approximate surface area is 159 Å². The lowest BCUT2D eigenvalue weighted by Crippen LogP contribution is -2.42. The number of esters is 1. The van der Waals surface area contributed by atoms with E-state index in [1.165, 1.54) is 19.3 Å². The Morgan fingerprint density at radius 3 is 2.08 bits per heavy atom. The second-order valence-electron chi connectivity index (χ2n) is 9.62. The van der Waals surface area contributed by atoms with Crippen LogP contribution in [0.25, 0.3) is 0 Å². The first kappa shape index (κ1) is 24.9. The summed E-state index contributed by atoms with van der Waals surface area (Å²) in [5.41, 5.74) is 0. The molecule has 0 heterocycles. The van der Waals surface area contributed by atoms with Crippen molar-refractivity contribution in [2.24, 2.45) is 11.8 Å². The largest absolute Gasteiger partial charge is 0.466 e. The summed E-state index contributed by atoms with van der Waals surface area (Å²) >= 11 is 0. The Bertz CT molecular complexity index is 362. The van der Waals surface area contributed by atoms with Crippen molar-refractivity contribution in [1.29, 1.82) is 0 Å². The minimum atomic E-state index is -1.56. The first-order valence-corrected chi connectivity index (χ1v) is 16.8. The Hall–Kier alpha value is -0.136. The molecule has 150 valence electrons. The van der Waals surface area contributed by atoms with Crippen LogP contribution in [0.4, 0.5) is 0 Å². The summed E-state index contributed by atoms with van der Waals surface area (Å²) in [7, 11) is -3.01. The molecule has 0 aromatic rings. The molecule has 0 aromatic carbocycles. The highest BCUT2D eigenvalue weighted by Crippen LogP contribution is 2.21. The van der Waals surface area contributed by atoms with Gasteiger partial charge in [-0.05, 0) is 63.5 Å². The van der Waals surface area contributed by atoms with E-state index in [4.69, 9.17) is 8.85 Å². The van der Waals surface area contributed by atoms with Crippen LogP contribution >= 0.6 is 0 Å². The van der Waals surface area contributed by atoms with Gasteiger partial charge in [0.2, 0.25) is 0 Å². The van der Waals surface area contributed by atoms with Crippen LogP contribution in [0.1, 0.15) is 65.7 Å². The SMILES string of the molecule is CC(C)CCCC(C)CCOC(=O)CCCC[Si](C)(C)O[Si](C)(C)C. The fourth-order valence-electron chi connectivity index (χ4n) is 3.16. The zero-order valence-electron chi connectivity index (χ0n) is 18.2. The number of carbonyl (C=O) groups excluding carboxylic acids is 1. The predicted molar refractivity (Wildman–Crippen MR) is 114 cm³/mol. The molecule has 0 N–H and O–H groups in total. The number of ether oxygens (including phenoxy) is 1. The second-order valence-corrected chi connectivity index (χ2v) is 18.7. The monoisotopic (exact) mass is 388 g/mol. The van der Waals surface area contributed by atoms with Crippen LogP contribution in [-0.4, -0.2) is 29.2 Å². The van der Waals surface area contributed by atoms with E-state index in [0.717, 1.165) is 31.2 Å². The molecule has 0 aliphatic heterocycles. The molecule has 0 aromatic heterocycles. The standard InChI is InChI=1S/C20H44O3Si2/c1-18(2)12-11-13-19(3)15-16-22-20(21)14-9-10-17-25(7,8)23-24(4,5)6/h18-19H,9-17H2,1-8H3. The molecule has 0 bridgehead atoms. The summed E-state index contributed by atoms with van der Waals surface area (Å²) in [6, 6.07) is 1.14. The van der Waals surface area contributed by atoms with Crippen molar-refractivity contribution in [3.63, 3.8) is 0 Å². The third kappa shape index (κ3) is 17.1. The van der Waals surface area contributed by atoms with E-state index < -0.39 is 16.6 Å².